The number of benzene rings is 2. The molecule has 2 aromatic carbocycles. The third-order valence-electron chi connectivity index (χ3n) is 3.12. The number of hydrogen-bond acceptors (Lipinski definition) is 4. The number of carbonyl (C=O) groups excluding carboxylic acids is 1. The molecular formula is C14H11NO4S. The minimum Gasteiger partial charge on any atom is -0.496 e. The Morgan fingerprint density at radius 3 is 2.35 bits per heavy atom. The van der Waals surface area contributed by atoms with E-state index in [9.17, 15) is 13.2 Å². The molecule has 102 valence electrons. The summed E-state index contributed by atoms with van der Waals surface area (Å²) < 4.78 is 30.9. The van der Waals surface area contributed by atoms with Gasteiger partial charge in [0.15, 0.2) is 0 Å². The number of fused-ring (bicyclic) bond motifs is 1. The number of nitrogens with zero attached hydrogens (tertiary/aromatic N) is 1. The molecule has 1 aliphatic rings. The van der Waals surface area contributed by atoms with Crippen LogP contribution >= 0.6 is 0 Å². The molecule has 0 aliphatic carbocycles. The lowest BCUT2D eigenvalue weighted by Crippen LogP contribution is -2.29. The maximum absolute atomic E-state index is 12.5. The number of rotatable bonds is 2. The van der Waals surface area contributed by atoms with E-state index in [1.165, 1.54) is 13.2 Å². The fourth-order valence-corrected chi connectivity index (χ4v) is 3.84. The molecule has 6 heteroatoms. The van der Waals surface area contributed by atoms with Crippen molar-refractivity contribution in [3.63, 3.8) is 0 Å². The van der Waals surface area contributed by atoms with Gasteiger partial charge in [-0.05, 0) is 24.3 Å². The second kappa shape index (κ2) is 4.35. The number of para-hydroxylation sites is 1. The zero-order valence-electron chi connectivity index (χ0n) is 10.6. The molecule has 0 spiro atoms. The summed E-state index contributed by atoms with van der Waals surface area (Å²) in [5.74, 6) is -0.335. The van der Waals surface area contributed by atoms with Crippen LogP contribution in [0, 0.1) is 0 Å². The third kappa shape index (κ3) is 1.61. The van der Waals surface area contributed by atoms with Crippen LogP contribution in [0.25, 0.3) is 0 Å². The average molecular weight is 289 g/mol. The molecule has 0 atom stereocenters. The van der Waals surface area contributed by atoms with Gasteiger partial charge in [-0.1, -0.05) is 24.3 Å². The first-order valence-corrected chi connectivity index (χ1v) is 7.33. The number of sulfonamides is 1. The van der Waals surface area contributed by atoms with Crippen molar-refractivity contribution in [1.82, 2.24) is 0 Å². The second-order valence-electron chi connectivity index (χ2n) is 4.24. The van der Waals surface area contributed by atoms with E-state index in [1.54, 1.807) is 42.5 Å². The van der Waals surface area contributed by atoms with Gasteiger partial charge in [-0.15, -0.1) is 0 Å². The van der Waals surface area contributed by atoms with Crippen molar-refractivity contribution in [2.45, 2.75) is 4.90 Å². The van der Waals surface area contributed by atoms with Gasteiger partial charge in [0, 0.05) is 0 Å². The molecule has 0 fully saturated rings. The maximum Gasteiger partial charge on any atom is 0.277 e. The SMILES string of the molecule is COc1cccc2c1C(=O)N(c1ccccc1)S2(=O)=O. The summed E-state index contributed by atoms with van der Waals surface area (Å²) in [6.45, 7) is 0. The standard InChI is InChI=1S/C14H11NO4S/c1-19-11-8-5-9-12-13(11)14(16)15(20(12,17)18)10-6-3-2-4-7-10/h2-9H,1H3. The molecule has 0 bridgehead atoms. The smallest absolute Gasteiger partial charge is 0.277 e. The third-order valence-corrected chi connectivity index (χ3v) is 4.87. The minimum atomic E-state index is -3.88. The Labute approximate surface area is 116 Å². The highest BCUT2D eigenvalue weighted by molar-refractivity contribution is 7.94. The van der Waals surface area contributed by atoms with Crippen LogP contribution < -0.4 is 9.04 Å². The van der Waals surface area contributed by atoms with Crippen LogP contribution in [-0.2, 0) is 10.0 Å². The number of carbonyl (C=O) groups is 1. The Morgan fingerprint density at radius 2 is 1.70 bits per heavy atom. The largest absolute Gasteiger partial charge is 0.496 e. The molecule has 0 saturated carbocycles. The van der Waals surface area contributed by atoms with Crippen molar-refractivity contribution in [3.8, 4) is 5.75 Å². The summed E-state index contributed by atoms with van der Waals surface area (Å²) >= 11 is 0. The quantitative estimate of drug-likeness (QED) is 0.848. The van der Waals surface area contributed by atoms with E-state index in [0.717, 1.165) is 4.31 Å². The fourth-order valence-electron chi connectivity index (χ4n) is 2.24. The van der Waals surface area contributed by atoms with E-state index in [1.807, 2.05) is 0 Å². The molecule has 1 amide bonds. The summed E-state index contributed by atoms with van der Waals surface area (Å²) in [5.41, 5.74) is 0.398. The van der Waals surface area contributed by atoms with Gasteiger partial charge in [0.25, 0.3) is 15.9 Å². The highest BCUT2D eigenvalue weighted by Crippen LogP contribution is 2.38. The Morgan fingerprint density at radius 1 is 1.00 bits per heavy atom. The van der Waals surface area contributed by atoms with E-state index >= 15 is 0 Å². The lowest BCUT2D eigenvalue weighted by molar-refractivity contribution is 0.100. The van der Waals surface area contributed by atoms with Gasteiger partial charge < -0.3 is 4.74 Å². The number of methoxy groups -OCH3 is 1. The summed E-state index contributed by atoms with van der Waals surface area (Å²) in [6.07, 6.45) is 0. The predicted octanol–water partition coefficient (Wildman–Crippen LogP) is 2.04. The molecule has 2 aromatic rings. The molecule has 0 saturated heterocycles. The summed E-state index contributed by atoms with van der Waals surface area (Å²) in [7, 11) is -2.47. The van der Waals surface area contributed by atoms with Crippen molar-refractivity contribution in [2.75, 3.05) is 11.4 Å². The normalized spacial score (nSPS) is 16.1. The Hall–Kier alpha value is -2.34. The summed E-state index contributed by atoms with van der Waals surface area (Å²) in [4.78, 5) is 12.4. The maximum atomic E-state index is 12.5. The highest BCUT2D eigenvalue weighted by atomic mass is 32.2. The summed E-state index contributed by atoms with van der Waals surface area (Å²) in [5, 5.41) is 0. The van der Waals surface area contributed by atoms with Crippen LogP contribution in [0.1, 0.15) is 10.4 Å². The number of anilines is 1. The van der Waals surface area contributed by atoms with E-state index in [4.69, 9.17) is 4.74 Å². The first-order valence-electron chi connectivity index (χ1n) is 5.89. The summed E-state index contributed by atoms with van der Waals surface area (Å²) in [6, 6.07) is 12.8. The van der Waals surface area contributed by atoms with Crippen LogP contribution in [0.5, 0.6) is 5.75 Å². The first-order chi connectivity index (χ1) is 9.57. The number of amides is 1. The van der Waals surface area contributed by atoms with Crippen LogP contribution in [0.3, 0.4) is 0 Å². The van der Waals surface area contributed by atoms with Crippen LogP contribution in [0.2, 0.25) is 0 Å². The molecule has 20 heavy (non-hydrogen) atoms. The van der Waals surface area contributed by atoms with Gasteiger partial charge in [-0.25, -0.2) is 8.42 Å². The zero-order chi connectivity index (χ0) is 14.3. The molecule has 0 aromatic heterocycles. The Bertz CT molecular complexity index is 784. The number of hydrogen-bond donors (Lipinski definition) is 0. The topological polar surface area (TPSA) is 63.7 Å². The van der Waals surface area contributed by atoms with Gasteiger partial charge in [-0.2, -0.15) is 4.31 Å². The van der Waals surface area contributed by atoms with Gasteiger partial charge in [0.2, 0.25) is 0 Å². The minimum absolute atomic E-state index is 0.0225. The van der Waals surface area contributed by atoms with Crippen molar-refractivity contribution < 1.29 is 17.9 Å². The van der Waals surface area contributed by atoms with Crippen LogP contribution in [0.4, 0.5) is 5.69 Å². The monoisotopic (exact) mass is 289 g/mol. The molecule has 0 radical (unpaired) electrons. The van der Waals surface area contributed by atoms with Crippen molar-refractivity contribution >= 4 is 21.6 Å². The van der Waals surface area contributed by atoms with E-state index in [2.05, 4.69) is 0 Å². The van der Waals surface area contributed by atoms with Crippen molar-refractivity contribution in [2.24, 2.45) is 0 Å². The zero-order valence-corrected chi connectivity index (χ0v) is 11.4. The van der Waals surface area contributed by atoms with Crippen molar-refractivity contribution in [3.05, 3.63) is 54.1 Å². The predicted molar refractivity (Wildman–Crippen MR) is 73.4 cm³/mol. The second-order valence-corrected chi connectivity index (χ2v) is 6.00. The van der Waals surface area contributed by atoms with Gasteiger partial charge in [0.05, 0.1) is 12.8 Å². The fraction of sp³-hybridized carbons (Fsp3) is 0.0714. The molecule has 1 heterocycles. The molecular weight excluding hydrogens is 278 g/mol. The lowest BCUT2D eigenvalue weighted by atomic mass is 10.2. The highest BCUT2D eigenvalue weighted by Gasteiger charge is 2.44. The molecule has 3 rings (SSSR count). The molecule has 1 aliphatic heterocycles. The Kier molecular flexibility index (Phi) is 2.76. The lowest BCUT2D eigenvalue weighted by Gasteiger charge is -2.14. The van der Waals surface area contributed by atoms with Gasteiger partial charge >= 0.3 is 0 Å². The van der Waals surface area contributed by atoms with Crippen LogP contribution in [0.15, 0.2) is 53.4 Å². The van der Waals surface area contributed by atoms with Gasteiger partial charge in [-0.3, -0.25) is 4.79 Å². The molecule has 0 N–H and O–H groups in total. The molecule has 5 nitrogen and oxygen atoms in total. The van der Waals surface area contributed by atoms with E-state index in [-0.39, 0.29) is 16.2 Å². The number of ether oxygens (including phenoxy) is 1. The molecule has 0 unspecified atom stereocenters. The van der Waals surface area contributed by atoms with Crippen molar-refractivity contribution in [1.29, 1.82) is 0 Å². The first kappa shape index (κ1) is 12.7. The van der Waals surface area contributed by atoms with Gasteiger partial charge in [0.1, 0.15) is 16.2 Å². The average Bonchev–Trinajstić information content (AvgIpc) is 2.67. The van der Waals surface area contributed by atoms with Crippen LogP contribution in [-0.4, -0.2) is 21.4 Å². The van der Waals surface area contributed by atoms with E-state index in [0.29, 0.717) is 5.69 Å². The van der Waals surface area contributed by atoms with E-state index < -0.39 is 15.9 Å². The Balaban J connectivity index is 2.27.